The molecule has 2 rings (SSSR count). The van der Waals surface area contributed by atoms with E-state index in [-0.39, 0.29) is 11.8 Å². The molecule has 0 aromatic heterocycles. The summed E-state index contributed by atoms with van der Waals surface area (Å²) in [6, 6.07) is 7.78. The molecule has 96 valence electrons. The number of halogens is 1. The molecule has 3 nitrogen and oxygen atoms in total. The highest BCUT2D eigenvalue weighted by Gasteiger charge is 2.20. The summed E-state index contributed by atoms with van der Waals surface area (Å²) in [6.45, 7) is 0. The van der Waals surface area contributed by atoms with E-state index in [0.717, 1.165) is 35.7 Å². The van der Waals surface area contributed by atoms with E-state index in [9.17, 15) is 4.79 Å². The third-order valence-electron chi connectivity index (χ3n) is 3.26. The van der Waals surface area contributed by atoms with Crippen molar-refractivity contribution >= 4 is 28.1 Å². The van der Waals surface area contributed by atoms with Crippen molar-refractivity contribution in [1.82, 2.24) is 5.43 Å². The van der Waals surface area contributed by atoms with Gasteiger partial charge in [-0.25, -0.2) is 5.43 Å². The number of hydrogen-bond acceptors (Lipinski definition) is 2. The fourth-order valence-corrected chi connectivity index (χ4v) is 2.59. The molecule has 0 aliphatic heterocycles. The Balaban J connectivity index is 1.87. The predicted octanol–water partition coefficient (Wildman–Crippen LogP) is 3.48. The highest BCUT2D eigenvalue weighted by atomic mass is 79.9. The molecule has 1 aliphatic rings. The smallest absolute Gasteiger partial charge is 0.243 e. The number of nitrogens with zero attached hydrogens (tertiary/aromatic N) is 1. The van der Waals surface area contributed by atoms with Crippen LogP contribution in [0, 0.1) is 5.92 Å². The zero-order valence-corrected chi connectivity index (χ0v) is 11.8. The number of amides is 1. The van der Waals surface area contributed by atoms with E-state index in [2.05, 4.69) is 26.5 Å². The van der Waals surface area contributed by atoms with E-state index in [0.29, 0.717) is 0 Å². The number of carbonyl (C=O) groups is 1. The topological polar surface area (TPSA) is 41.5 Å². The molecule has 1 amide bonds. The number of carbonyl (C=O) groups excluding carboxylic acids is 1. The van der Waals surface area contributed by atoms with Gasteiger partial charge in [0.1, 0.15) is 0 Å². The van der Waals surface area contributed by atoms with E-state index in [1.54, 1.807) is 6.21 Å². The molecule has 1 fully saturated rings. The van der Waals surface area contributed by atoms with Gasteiger partial charge in [0.15, 0.2) is 0 Å². The summed E-state index contributed by atoms with van der Waals surface area (Å²) < 4.78 is 0.973. The summed E-state index contributed by atoms with van der Waals surface area (Å²) in [7, 11) is 0. The van der Waals surface area contributed by atoms with E-state index in [4.69, 9.17) is 0 Å². The van der Waals surface area contributed by atoms with Crippen molar-refractivity contribution in [2.75, 3.05) is 0 Å². The molecule has 0 bridgehead atoms. The van der Waals surface area contributed by atoms with Crippen LogP contribution >= 0.6 is 15.9 Å². The lowest BCUT2D eigenvalue weighted by Crippen LogP contribution is -2.28. The Labute approximate surface area is 116 Å². The molecule has 0 radical (unpaired) electrons. The van der Waals surface area contributed by atoms with Crippen LogP contribution in [-0.4, -0.2) is 12.1 Å². The fraction of sp³-hybridized carbons (Fsp3) is 0.429. The van der Waals surface area contributed by atoms with Gasteiger partial charge in [0.05, 0.1) is 6.21 Å². The van der Waals surface area contributed by atoms with Crippen LogP contribution in [0.4, 0.5) is 0 Å². The lowest BCUT2D eigenvalue weighted by molar-refractivity contribution is -0.125. The van der Waals surface area contributed by atoms with Gasteiger partial charge in [-0.05, 0) is 18.9 Å². The quantitative estimate of drug-likeness (QED) is 0.674. The molecule has 1 saturated carbocycles. The van der Waals surface area contributed by atoms with E-state index >= 15 is 0 Å². The second-order valence-corrected chi connectivity index (χ2v) is 5.45. The normalized spacial score (nSPS) is 16.9. The summed E-state index contributed by atoms with van der Waals surface area (Å²) in [5.41, 5.74) is 3.60. The second-order valence-electron chi connectivity index (χ2n) is 4.59. The SMILES string of the molecule is O=C(N/N=C\c1ccccc1Br)C1CCCCC1. The maximum Gasteiger partial charge on any atom is 0.243 e. The van der Waals surface area contributed by atoms with Crippen LogP contribution in [0.1, 0.15) is 37.7 Å². The van der Waals surface area contributed by atoms with Crippen LogP contribution in [0.15, 0.2) is 33.8 Å². The van der Waals surface area contributed by atoms with Gasteiger partial charge in [-0.2, -0.15) is 5.10 Å². The van der Waals surface area contributed by atoms with Crippen LogP contribution in [0.25, 0.3) is 0 Å². The van der Waals surface area contributed by atoms with Crippen LogP contribution in [-0.2, 0) is 4.79 Å². The summed E-state index contributed by atoms with van der Waals surface area (Å²) in [5.74, 6) is 0.202. The summed E-state index contributed by atoms with van der Waals surface area (Å²) >= 11 is 3.44. The van der Waals surface area contributed by atoms with Gasteiger partial charge in [0.25, 0.3) is 0 Å². The van der Waals surface area contributed by atoms with Gasteiger partial charge >= 0.3 is 0 Å². The first-order chi connectivity index (χ1) is 8.77. The standard InChI is InChI=1S/C14H17BrN2O/c15-13-9-5-4-8-12(13)10-16-17-14(18)11-6-2-1-3-7-11/h4-5,8-11H,1-3,6-7H2,(H,17,18)/b16-10-. The first-order valence-corrected chi connectivity index (χ1v) is 7.14. The monoisotopic (exact) mass is 308 g/mol. The van der Waals surface area contributed by atoms with Crippen molar-refractivity contribution in [3.63, 3.8) is 0 Å². The Morgan fingerprint density at radius 3 is 2.72 bits per heavy atom. The number of nitrogens with one attached hydrogen (secondary N) is 1. The molecule has 1 aromatic carbocycles. The van der Waals surface area contributed by atoms with Crippen molar-refractivity contribution in [3.05, 3.63) is 34.3 Å². The van der Waals surface area contributed by atoms with Gasteiger partial charge in [-0.15, -0.1) is 0 Å². The van der Waals surface area contributed by atoms with Crippen molar-refractivity contribution in [2.24, 2.45) is 11.0 Å². The molecule has 1 aromatic rings. The van der Waals surface area contributed by atoms with Gasteiger partial charge < -0.3 is 0 Å². The minimum absolute atomic E-state index is 0.0537. The third-order valence-corrected chi connectivity index (χ3v) is 3.98. The molecule has 0 unspecified atom stereocenters. The maximum atomic E-state index is 11.8. The Morgan fingerprint density at radius 2 is 2.00 bits per heavy atom. The highest BCUT2D eigenvalue weighted by Crippen LogP contribution is 2.23. The molecule has 1 aliphatic carbocycles. The minimum atomic E-state index is 0.0537. The Kier molecular flexibility index (Phi) is 4.93. The Bertz CT molecular complexity index is 439. The molecule has 0 heterocycles. The van der Waals surface area contributed by atoms with E-state index in [1.165, 1.54) is 6.42 Å². The fourth-order valence-electron chi connectivity index (χ4n) is 2.20. The van der Waals surface area contributed by atoms with Crippen molar-refractivity contribution in [3.8, 4) is 0 Å². The number of hydrazone groups is 1. The average Bonchev–Trinajstić information content (AvgIpc) is 2.42. The zero-order chi connectivity index (χ0) is 12.8. The summed E-state index contributed by atoms with van der Waals surface area (Å²) in [4.78, 5) is 11.8. The average molecular weight is 309 g/mol. The van der Waals surface area contributed by atoms with Crippen LogP contribution < -0.4 is 5.43 Å². The predicted molar refractivity (Wildman–Crippen MR) is 76.5 cm³/mol. The molecule has 0 saturated heterocycles. The zero-order valence-electron chi connectivity index (χ0n) is 10.2. The van der Waals surface area contributed by atoms with Gasteiger partial charge in [-0.3, -0.25) is 4.79 Å². The molecule has 1 N–H and O–H groups in total. The van der Waals surface area contributed by atoms with Gasteiger partial charge in [0, 0.05) is 16.0 Å². The van der Waals surface area contributed by atoms with Crippen molar-refractivity contribution in [2.45, 2.75) is 32.1 Å². The Hall–Kier alpha value is -1.16. The van der Waals surface area contributed by atoms with Gasteiger partial charge in [-0.1, -0.05) is 53.4 Å². The van der Waals surface area contributed by atoms with Crippen LogP contribution in [0.2, 0.25) is 0 Å². The molecular formula is C14H17BrN2O. The lowest BCUT2D eigenvalue weighted by atomic mass is 9.89. The molecule has 4 heteroatoms. The van der Waals surface area contributed by atoms with Crippen molar-refractivity contribution < 1.29 is 4.79 Å². The third kappa shape index (κ3) is 3.67. The number of rotatable bonds is 3. The first kappa shape index (κ1) is 13.3. The molecule has 18 heavy (non-hydrogen) atoms. The van der Waals surface area contributed by atoms with E-state index in [1.807, 2.05) is 24.3 Å². The maximum absolute atomic E-state index is 11.8. The van der Waals surface area contributed by atoms with Gasteiger partial charge in [0.2, 0.25) is 5.91 Å². The molecule has 0 spiro atoms. The van der Waals surface area contributed by atoms with Crippen LogP contribution in [0.3, 0.4) is 0 Å². The Morgan fingerprint density at radius 1 is 1.28 bits per heavy atom. The number of hydrogen-bond donors (Lipinski definition) is 1. The molecule has 0 atom stereocenters. The summed E-state index contributed by atoms with van der Waals surface area (Å²) in [6.07, 6.45) is 7.24. The number of benzene rings is 1. The molecular weight excluding hydrogens is 292 g/mol. The summed E-state index contributed by atoms with van der Waals surface area (Å²) in [5, 5.41) is 4.02. The van der Waals surface area contributed by atoms with Crippen molar-refractivity contribution in [1.29, 1.82) is 0 Å². The largest absolute Gasteiger partial charge is 0.273 e. The minimum Gasteiger partial charge on any atom is -0.273 e. The highest BCUT2D eigenvalue weighted by molar-refractivity contribution is 9.10. The first-order valence-electron chi connectivity index (χ1n) is 6.35. The van der Waals surface area contributed by atoms with Crippen LogP contribution in [0.5, 0.6) is 0 Å². The second kappa shape index (κ2) is 6.69. The lowest BCUT2D eigenvalue weighted by Gasteiger charge is -2.19. The van der Waals surface area contributed by atoms with E-state index < -0.39 is 0 Å².